The van der Waals surface area contributed by atoms with Gasteiger partial charge in [-0.2, -0.15) is 4.31 Å². The van der Waals surface area contributed by atoms with Gasteiger partial charge in [0.25, 0.3) is 0 Å². The van der Waals surface area contributed by atoms with Crippen LogP contribution in [0.3, 0.4) is 0 Å². The molecule has 0 aliphatic carbocycles. The van der Waals surface area contributed by atoms with Crippen molar-refractivity contribution in [2.45, 2.75) is 11.8 Å². The normalized spacial score (nSPS) is 15.6. The summed E-state index contributed by atoms with van der Waals surface area (Å²) in [5, 5.41) is 2.83. The number of nitrogens with one attached hydrogen (secondary N) is 1. The minimum Gasteiger partial charge on any atom is -0.379 e. The number of halogens is 1. The second-order valence-corrected chi connectivity index (χ2v) is 9.22. The summed E-state index contributed by atoms with van der Waals surface area (Å²) >= 11 is 3.39. The van der Waals surface area contributed by atoms with Crippen LogP contribution in [0.25, 0.3) is 6.08 Å². The van der Waals surface area contributed by atoms with Crippen LogP contribution >= 0.6 is 15.9 Å². The maximum atomic E-state index is 12.6. The van der Waals surface area contributed by atoms with E-state index in [0.717, 1.165) is 21.3 Å². The number of sulfonamides is 1. The number of carbonyl (C=O) groups is 1. The van der Waals surface area contributed by atoms with Crippen LogP contribution < -0.4 is 5.32 Å². The lowest BCUT2D eigenvalue weighted by atomic mass is 10.2. The molecule has 1 aliphatic heterocycles. The molecule has 0 radical (unpaired) electrons. The van der Waals surface area contributed by atoms with Crippen LogP contribution in [-0.2, 0) is 19.6 Å². The second kappa shape index (κ2) is 9.00. The zero-order chi connectivity index (χ0) is 20.1. The Kier molecular flexibility index (Phi) is 6.66. The molecule has 3 rings (SSSR count). The fraction of sp³-hybridized carbons (Fsp3) is 0.250. The molecule has 8 heteroatoms. The number of hydrogen-bond acceptors (Lipinski definition) is 4. The molecule has 0 saturated carbocycles. The van der Waals surface area contributed by atoms with Gasteiger partial charge in [0, 0.05) is 29.3 Å². The highest BCUT2D eigenvalue weighted by molar-refractivity contribution is 9.10. The Labute approximate surface area is 173 Å². The van der Waals surface area contributed by atoms with Crippen molar-refractivity contribution < 1.29 is 17.9 Å². The molecular weight excluding hydrogens is 444 g/mol. The second-order valence-electron chi connectivity index (χ2n) is 6.37. The van der Waals surface area contributed by atoms with Gasteiger partial charge < -0.3 is 10.1 Å². The van der Waals surface area contributed by atoms with Gasteiger partial charge in [-0.05, 0) is 54.5 Å². The maximum absolute atomic E-state index is 12.6. The number of morpholine rings is 1. The summed E-state index contributed by atoms with van der Waals surface area (Å²) in [6.45, 7) is 3.46. The van der Waals surface area contributed by atoms with Crippen LogP contribution in [0, 0.1) is 6.92 Å². The van der Waals surface area contributed by atoms with E-state index in [-0.39, 0.29) is 10.8 Å². The van der Waals surface area contributed by atoms with E-state index in [0.29, 0.717) is 26.3 Å². The van der Waals surface area contributed by atoms with E-state index < -0.39 is 10.0 Å². The first kappa shape index (κ1) is 20.7. The Balaban J connectivity index is 1.65. The quantitative estimate of drug-likeness (QED) is 0.687. The van der Waals surface area contributed by atoms with Gasteiger partial charge >= 0.3 is 0 Å². The van der Waals surface area contributed by atoms with E-state index in [1.54, 1.807) is 30.3 Å². The zero-order valence-corrected chi connectivity index (χ0v) is 17.8. The Bertz CT molecular complexity index is 982. The number of ether oxygens (including phenoxy) is 1. The van der Waals surface area contributed by atoms with E-state index >= 15 is 0 Å². The molecule has 1 heterocycles. The van der Waals surface area contributed by atoms with Crippen LogP contribution in [0.4, 0.5) is 5.69 Å². The van der Waals surface area contributed by atoms with Crippen molar-refractivity contribution >= 4 is 43.6 Å². The molecular formula is C20H21BrN2O4S. The third-order valence-electron chi connectivity index (χ3n) is 4.36. The molecule has 2 aromatic carbocycles. The summed E-state index contributed by atoms with van der Waals surface area (Å²) in [6, 6.07) is 12.1. The third kappa shape index (κ3) is 5.08. The number of nitrogens with zero attached hydrogens (tertiary/aromatic N) is 1. The van der Waals surface area contributed by atoms with Gasteiger partial charge in [-0.3, -0.25) is 4.79 Å². The highest BCUT2D eigenvalue weighted by atomic mass is 79.9. The topological polar surface area (TPSA) is 75.7 Å². The molecule has 0 unspecified atom stereocenters. The first-order valence-corrected chi connectivity index (χ1v) is 11.0. The summed E-state index contributed by atoms with van der Waals surface area (Å²) in [5.74, 6) is -0.254. The molecule has 1 aliphatic rings. The lowest BCUT2D eigenvalue weighted by Crippen LogP contribution is -2.40. The van der Waals surface area contributed by atoms with Gasteiger partial charge in [0.2, 0.25) is 15.9 Å². The van der Waals surface area contributed by atoms with E-state index in [4.69, 9.17) is 4.74 Å². The van der Waals surface area contributed by atoms with Gasteiger partial charge in [0.15, 0.2) is 0 Å². The Morgan fingerprint density at radius 3 is 2.46 bits per heavy atom. The van der Waals surface area contributed by atoms with E-state index in [1.165, 1.54) is 10.4 Å². The maximum Gasteiger partial charge on any atom is 0.248 e. The summed E-state index contributed by atoms with van der Waals surface area (Å²) in [4.78, 5) is 12.4. The van der Waals surface area contributed by atoms with Crippen LogP contribution in [0.1, 0.15) is 11.1 Å². The minimum absolute atomic E-state index is 0.237. The Hall–Kier alpha value is -2.00. The molecule has 1 fully saturated rings. The van der Waals surface area contributed by atoms with Crippen molar-refractivity contribution in [3.63, 3.8) is 0 Å². The zero-order valence-electron chi connectivity index (χ0n) is 15.4. The van der Waals surface area contributed by atoms with Gasteiger partial charge in [-0.15, -0.1) is 0 Å². The van der Waals surface area contributed by atoms with Crippen LogP contribution in [0.5, 0.6) is 0 Å². The molecule has 28 heavy (non-hydrogen) atoms. The molecule has 0 aromatic heterocycles. The largest absolute Gasteiger partial charge is 0.379 e. The van der Waals surface area contributed by atoms with Gasteiger partial charge in [0.05, 0.1) is 18.1 Å². The monoisotopic (exact) mass is 464 g/mol. The molecule has 2 aromatic rings. The van der Waals surface area contributed by atoms with Gasteiger partial charge in [-0.25, -0.2) is 8.42 Å². The first-order chi connectivity index (χ1) is 13.4. The number of benzene rings is 2. The lowest BCUT2D eigenvalue weighted by Gasteiger charge is -2.26. The molecule has 6 nitrogen and oxygen atoms in total. The fourth-order valence-electron chi connectivity index (χ4n) is 2.80. The average molecular weight is 465 g/mol. The van der Waals surface area contributed by atoms with Crippen LogP contribution in [0.15, 0.2) is 57.9 Å². The van der Waals surface area contributed by atoms with Crippen molar-refractivity contribution in [3.05, 3.63) is 64.1 Å². The molecule has 0 atom stereocenters. The highest BCUT2D eigenvalue weighted by Gasteiger charge is 2.25. The minimum atomic E-state index is -3.51. The number of amides is 1. The predicted molar refractivity (Wildman–Crippen MR) is 113 cm³/mol. The van der Waals surface area contributed by atoms with Gasteiger partial charge in [-0.1, -0.05) is 28.1 Å². The average Bonchev–Trinajstić information content (AvgIpc) is 2.69. The summed E-state index contributed by atoms with van der Waals surface area (Å²) < 4.78 is 32.8. The van der Waals surface area contributed by atoms with Crippen molar-refractivity contribution in [1.29, 1.82) is 0 Å². The Morgan fingerprint density at radius 1 is 1.14 bits per heavy atom. The van der Waals surface area contributed by atoms with Crippen molar-refractivity contribution in [1.82, 2.24) is 4.31 Å². The standard InChI is InChI=1S/C20H21BrN2O4S/c1-15-14-17(21)5-8-19(15)22-20(24)9-4-16-2-6-18(7-3-16)28(25,26)23-10-12-27-13-11-23/h2-9,14H,10-13H2,1H3,(H,22,24)/b9-4+. The third-order valence-corrected chi connectivity index (χ3v) is 6.77. The molecule has 1 N–H and O–H groups in total. The van der Waals surface area contributed by atoms with Crippen molar-refractivity contribution in [2.24, 2.45) is 0 Å². The van der Waals surface area contributed by atoms with Crippen molar-refractivity contribution in [2.75, 3.05) is 31.6 Å². The summed E-state index contributed by atoms with van der Waals surface area (Å²) in [7, 11) is -3.51. The van der Waals surface area contributed by atoms with E-state index in [9.17, 15) is 13.2 Å². The fourth-order valence-corrected chi connectivity index (χ4v) is 4.68. The van der Waals surface area contributed by atoms with Crippen LogP contribution in [-0.4, -0.2) is 44.9 Å². The van der Waals surface area contributed by atoms with E-state index in [2.05, 4.69) is 21.2 Å². The first-order valence-electron chi connectivity index (χ1n) is 8.79. The number of rotatable bonds is 5. The number of hydrogen-bond donors (Lipinski definition) is 1. The lowest BCUT2D eigenvalue weighted by molar-refractivity contribution is -0.111. The smallest absolute Gasteiger partial charge is 0.248 e. The summed E-state index contributed by atoms with van der Waals surface area (Å²) in [6.07, 6.45) is 3.07. The molecule has 148 valence electrons. The number of carbonyl (C=O) groups excluding carboxylic acids is 1. The predicted octanol–water partition coefficient (Wildman–Crippen LogP) is 3.43. The molecule has 0 spiro atoms. The molecule has 1 amide bonds. The SMILES string of the molecule is Cc1cc(Br)ccc1NC(=O)/C=C/c1ccc(S(=O)(=O)N2CCOCC2)cc1. The Morgan fingerprint density at radius 2 is 1.82 bits per heavy atom. The molecule has 0 bridgehead atoms. The molecule has 1 saturated heterocycles. The van der Waals surface area contributed by atoms with E-state index in [1.807, 2.05) is 25.1 Å². The van der Waals surface area contributed by atoms with Gasteiger partial charge in [0.1, 0.15) is 0 Å². The number of aryl methyl sites for hydroxylation is 1. The van der Waals surface area contributed by atoms with Crippen LogP contribution in [0.2, 0.25) is 0 Å². The number of anilines is 1. The van der Waals surface area contributed by atoms with Crippen molar-refractivity contribution in [3.8, 4) is 0 Å². The highest BCUT2D eigenvalue weighted by Crippen LogP contribution is 2.20. The summed E-state index contributed by atoms with van der Waals surface area (Å²) in [5.41, 5.74) is 2.43.